The summed E-state index contributed by atoms with van der Waals surface area (Å²) in [6, 6.07) is 0. The molecule has 0 aromatic rings. The lowest BCUT2D eigenvalue weighted by molar-refractivity contribution is -0.0354. The van der Waals surface area contributed by atoms with Crippen LogP contribution in [0, 0.1) is 13.3 Å². The Morgan fingerprint density at radius 3 is 2.53 bits per heavy atom. The van der Waals surface area contributed by atoms with Gasteiger partial charge in [-0.15, -0.1) is 0 Å². The number of aliphatic hydroxyl groups is 1. The van der Waals surface area contributed by atoms with Gasteiger partial charge in [-0.1, -0.05) is 20.3 Å². The molecule has 3 unspecified atom stereocenters. The van der Waals surface area contributed by atoms with Gasteiger partial charge in [-0.25, -0.2) is 0 Å². The lowest BCUT2D eigenvalue weighted by Crippen LogP contribution is -2.53. The van der Waals surface area contributed by atoms with E-state index >= 15 is 0 Å². The van der Waals surface area contributed by atoms with Gasteiger partial charge in [0.2, 0.25) is 0 Å². The normalized spacial score (nSPS) is 39.2. The molecule has 0 aromatic carbocycles. The molecule has 15 heavy (non-hydrogen) atoms. The van der Waals surface area contributed by atoms with Crippen LogP contribution in [0.3, 0.4) is 0 Å². The standard InChI is InChI=1S/C11H21NO.CH2.BH3/c1-12(2)11-5-3-4-9(7-11)6-10(13)8-11;;/h9-10,13H,3-8H2,1-2H3;1H2;1H3. The summed E-state index contributed by atoms with van der Waals surface area (Å²) < 4.78 is 0. The van der Waals surface area contributed by atoms with Crippen LogP contribution >= 0.6 is 0 Å². The van der Waals surface area contributed by atoms with Crippen LogP contribution in [0.1, 0.15) is 38.5 Å². The summed E-state index contributed by atoms with van der Waals surface area (Å²) in [5.41, 5.74) is 0.334. The van der Waals surface area contributed by atoms with Gasteiger partial charge in [-0.05, 0) is 45.7 Å². The molecule has 1 N–H and O–H groups in total. The fraction of sp³-hybridized carbons (Fsp3) is 0.917. The molecule has 2 fully saturated rings. The van der Waals surface area contributed by atoms with Crippen molar-refractivity contribution in [1.29, 1.82) is 0 Å². The first-order valence-corrected chi connectivity index (χ1v) is 5.48. The summed E-state index contributed by atoms with van der Waals surface area (Å²) in [6.07, 6.45) is 7.31. The number of fused-ring (bicyclic) bond motifs is 2. The number of hydrogen-bond acceptors (Lipinski definition) is 2. The highest BCUT2D eigenvalue weighted by Gasteiger charge is 2.43. The fourth-order valence-electron chi connectivity index (χ4n) is 3.34. The van der Waals surface area contributed by atoms with Crippen molar-refractivity contribution in [1.82, 2.24) is 4.90 Å². The lowest BCUT2D eigenvalue weighted by Gasteiger charge is -2.51. The maximum atomic E-state index is 9.80. The molecular formula is C12H26BNO. The van der Waals surface area contributed by atoms with Crippen LogP contribution in [-0.2, 0) is 0 Å². The molecule has 3 atom stereocenters. The van der Waals surface area contributed by atoms with Crippen LogP contribution in [0.4, 0.5) is 0 Å². The number of nitrogens with zero attached hydrogens (tertiary/aromatic N) is 1. The third-order valence-corrected chi connectivity index (χ3v) is 4.09. The molecule has 2 saturated carbocycles. The van der Waals surface area contributed by atoms with Crippen LogP contribution in [0.5, 0.6) is 0 Å². The SMILES string of the molecule is B.CN(C)C12CCCC(CC(O)C1)C2.[CH2]. The molecular weight excluding hydrogens is 185 g/mol. The molecule has 0 spiro atoms. The second kappa shape index (κ2) is 5.35. The second-order valence-electron chi connectivity index (χ2n) is 5.17. The molecule has 0 aromatic heterocycles. The Hall–Kier alpha value is -0.0151. The van der Waals surface area contributed by atoms with Gasteiger partial charge in [0.05, 0.1) is 14.5 Å². The molecule has 0 saturated heterocycles. The third-order valence-electron chi connectivity index (χ3n) is 4.09. The van der Waals surface area contributed by atoms with Gasteiger partial charge in [0.25, 0.3) is 0 Å². The Morgan fingerprint density at radius 1 is 1.27 bits per heavy atom. The molecule has 2 bridgehead atoms. The molecule has 2 aliphatic rings. The van der Waals surface area contributed by atoms with Gasteiger partial charge in [-0.2, -0.15) is 0 Å². The summed E-state index contributed by atoms with van der Waals surface area (Å²) in [6.45, 7) is 0. The van der Waals surface area contributed by atoms with Crippen molar-refractivity contribution in [2.45, 2.75) is 50.2 Å². The fourth-order valence-corrected chi connectivity index (χ4v) is 3.34. The number of hydrogen-bond donors (Lipinski definition) is 1. The maximum Gasteiger partial charge on any atom is 0.0814 e. The summed E-state index contributed by atoms with van der Waals surface area (Å²) >= 11 is 0. The largest absolute Gasteiger partial charge is 0.393 e. The van der Waals surface area contributed by atoms with E-state index in [4.69, 9.17) is 0 Å². The quantitative estimate of drug-likeness (QED) is 0.648. The third kappa shape index (κ3) is 2.76. The van der Waals surface area contributed by atoms with E-state index in [0.717, 1.165) is 18.8 Å². The van der Waals surface area contributed by atoms with E-state index < -0.39 is 0 Å². The van der Waals surface area contributed by atoms with Crippen molar-refractivity contribution >= 4 is 8.41 Å². The average Bonchev–Trinajstić information content (AvgIpc) is 2.02. The highest BCUT2D eigenvalue weighted by Crippen LogP contribution is 2.45. The molecule has 0 amide bonds. The van der Waals surface area contributed by atoms with E-state index in [0.29, 0.717) is 5.54 Å². The van der Waals surface area contributed by atoms with Crippen molar-refractivity contribution in [2.75, 3.05) is 14.1 Å². The summed E-state index contributed by atoms with van der Waals surface area (Å²) in [4.78, 5) is 2.35. The zero-order chi connectivity index (χ0) is 9.47. The highest BCUT2D eigenvalue weighted by molar-refractivity contribution is 5.75. The summed E-state index contributed by atoms with van der Waals surface area (Å²) in [7, 11) is 4.33. The average molecular weight is 211 g/mol. The van der Waals surface area contributed by atoms with Gasteiger partial charge in [0, 0.05) is 5.54 Å². The minimum Gasteiger partial charge on any atom is -0.393 e. The number of rotatable bonds is 1. The van der Waals surface area contributed by atoms with Crippen LogP contribution in [0.25, 0.3) is 0 Å². The smallest absolute Gasteiger partial charge is 0.0814 e. The van der Waals surface area contributed by atoms with E-state index in [1.54, 1.807) is 0 Å². The topological polar surface area (TPSA) is 23.5 Å². The predicted octanol–water partition coefficient (Wildman–Crippen LogP) is 0.775. The van der Waals surface area contributed by atoms with E-state index in [9.17, 15) is 5.11 Å². The molecule has 2 aliphatic carbocycles. The second-order valence-corrected chi connectivity index (χ2v) is 5.17. The first-order valence-electron chi connectivity index (χ1n) is 5.48. The van der Waals surface area contributed by atoms with Crippen LogP contribution in [0.2, 0.25) is 0 Å². The monoisotopic (exact) mass is 211 g/mol. The van der Waals surface area contributed by atoms with Crippen LogP contribution < -0.4 is 0 Å². The van der Waals surface area contributed by atoms with Crippen molar-refractivity contribution in [3.63, 3.8) is 0 Å². The zero-order valence-corrected chi connectivity index (χ0v) is 9.50. The van der Waals surface area contributed by atoms with Gasteiger partial charge >= 0.3 is 0 Å². The van der Waals surface area contributed by atoms with Crippen molar-refractivity contribution in [3.05, 3.63) is 7.43 Å². The number of aliphatic hydroxyl groups excluding tert-OH is 1. The summed E-state index contributed by atoms with van der Waals surface area (Å²) in [5, 5.41) is 9.80. The Balaban J connectivity index is 0.000000980. The minimum atomic E-state index is -0.0403. The Bertz CT molecular complexity index is 194. The molecule has 0 heterocycles. The maximum absolute atomic E-state index is 9.80. The lowest BCUT2D eigenvalue weighted by atomic mass is 9.65. The van der Waals surface area contributed by atoms with Crippen molar-refractivity contribution in [2.24, 2.45) is 5.92 Å². The molecule has 2 nitrogen and oxygen atoms in total. The zero-order valence-electron chi connectivity index (χ0n) is 9.50. The van der Waals surface area contributed by atoms with E-state index in [2.05, 4.69) is 19.0 Å². The van der Waals surface area contributed by atoms with Gasteiger partial charge < -0.3 is 10.0 Å². The molecule has 2 rings (SSSR count). The molecule has 3 heteroatoms. The Kier molecular flexibility index (Phi) is 5.35. The van der Waals surface area contributed by atoms with E-state index in [-0.39, 0.29) is 21.9 Å². The first-order chi connectivity index (χ1) is 6.12. The van der Waals surface area contributed by atoms with Gasteiger partial charge in [0.1, 0.15) is 0 Å². The molecule has 88 valence electrons. The van der Waals surface area contributed by atoms with Crippen molar-refractivity contribution < 1.29 is 5.11 Å². The Morgan fingerprint density at radius 2 is 1.93 bits per heavy atom. The highest BCUT2D eigenvalue weighted by atomic mass is 16.3. The Labute approximate surface area is 96.6 Å². The molecule has 2 radical (unpaired) electrons. The van der Waals surface area contributed by atoms with Gasteiger partial charge in [-0.3, -0.25) is 0 Å². The van der Waals surface area contributed by atoms with E-state index in [1.165, 1.54) is 25.7 Å². The van der Waals surface area contributed by atoms with Gasteiger partial charge in [0.15, 0.2) is 0 Å². The van der Waals surface area contributed by atoms with E-state index in [1.807, 2.05) is 0 Å². The van der Waals surface area contributed by atoms with Crippen LogP contribution in [0.15, 0.2) is 0 Å². The van der Waals surface area contributed by atoms with Crippen LogP contribution in [-0.4, -0.2) is 44.2 Å². The minimum absolute atomic E-state index is 0. The van der Waals surface area contributed by atoms with Crippen molar-refractivity contribution in [3.8, 4) is 0 Å². The predicted molar refractivity (Wildman–Crippen MR) is 68.9 cm³/mol. The molecule has 0 aliphatic heterocycles. The first kappa shape index (κ1) is 15.0. The summed E-state index contributed by atoms with van der Waals surface area (Å²) in [5.74, 6) is 0.792.